The van der Waals surface area contributed by atoms with E-state index < -0.39 is 6.10 Å². The molecule has 2 nitrogen and oxygen atoms in total. The minimum Gasteiger partial charge on any atom is -0.389 e. The van der Waals surface area contributed by atoms with Gasteiger partial charge in [0.15, 0.2) is 0 Å². The van der Waals surface area contributed by atoms with E-state index in [9.17, 15) is 5.11 Å². The predicted molar refractivity (Wildman–Crippen MR) is 84.6 cm³/mol. The summed E-state index contributed by atoms with van der Waals surface area (Å²) in [6, 6.07) is 6.23. The molecule has 2 rings (SSSR count). The van der Waals surface area contributed by atoms with Gasteiger partial charge >= 0.3 is 0 Å². The fourth-order valence-electron chi connectivity index (χ4n) is 2.81. The van der Waals surface area contributed by atoms with Crippen molar-refractivity contribution in [2.75, 3.05) is 18.0 Å². The summed E-state index contributed by atoms with van der Waals surface area (Å²) in [7, 11) is 0. The monoisotopic (exact) mass is 325 g/mol. The van der Waals surface area contributed by atoms with Crippen LogP contribution in [0, 0.1) is 5.41 Å². The fraction of sp³-hybridized carbons (Fsp3) is 0.625. The van der Waals surface area contributed by atoms with Gasteiger partial charge in [-0.1, -0.05) is 29.8 Å². The first-order valence-electron chi connectivity index (χ1n) is 7.11. The van der Waals surface area contributed by atoms with E-state index in [2.05, 4.69) is 46.8 Å². The van der Waals surface area contributed by atoms with Crippen molar-refractivity contribution in [3.05, 3.63) is 28.2 Å². The lowest BCUT2D eigenvalue weighted by atomic mass is 9.85. The van der Waals surface area contributed by atoms with Gasteiger partial charge in [0.1, 0.15) is 0 Å². The molecule has 0 aliphatic carbocycles. The van der Waals surface area contributed by atoms with Gasteiger partial charge in [-0.25, -0.2) is 0 Å². The fourth-order valence-corrected chi connectivity index (χ4v) is 3.19. The highest BCUT2D eigenvalue weighted by atomic mass is 79.9. The minimum atomic E-state index is -0.427. The predicted octanol–water partition coefficient (Wildman–Crippen LogP) is 4.52. The molecule has 19 heavy (non-hydrogen) atoms. The maximum Gasteiger partial charge on any atom is 0.0782 e. The Morgan fingerprint density at radius 3 is 2.68 bits per heavy atom. The van der Waals surface area contributed by atoms with Crippen LogP contribution < -0.4 is 4.90 Å². The summed E-state index contributed by atoms with van der Waals surface area (Å²) < 4.78 is 1.03. The number of hydrogen-bond donors (Lipinski definition) is 1. The van der Waals surface area contributed by atoms with Gasteiger partial charge in [-0.3, -0.25) is 0 Å². The van der Waals surface area contributed by atoms with Gasteiger partial charge in [-0.05, 0) is 49.8 Å². The largest absolute Gasteiger partial charge is 0.389 e. The summed E-state index contributed by atoms with van der Waals surface area (Å²) in [5.74, 6) is 0. The molecule has 1 saturated heterocycles. The van der Waals surface area contributed by atoms with E-state index in [1.165, 1.54) is 24.9 Å². The van der Waals surface area contributed by atoms with Gasteiger partial charge in [0.25, 0.3) is 0 Å². The Hall–Kier alpha value is -0.540. The van der Waals surface area contributed by atoms with Crippen LogP contribution in [0.5, 0.6) is 0 Å². The Kier molecular flexibility index (Phi) is 4.57. The normalized spacial score (nSPS) is 21.0. The summed E-state index contributed by atoms with van der Waals surface area (Å²) in [5, 5.41) is 9.99. The third-order valence-corrected chi connectivity index (χ3v) is 4.61. The summed E-state index contributed by atoms with van der Waals surface area (Å²) in [6.07, 6.45) is 3.29. The molecule has 0 aromatic heterocycles. The molecule has 1 aromatic carbocycles. The number of hydrogen-bond acceptors (Lipinski definition) is 2. The van der Waals surface area contributed by atoms with Crippen molar-refractivity contribution in [1.82, 2.24) is 0 Å². The zero-order valence-electron chi connectivity index (χ0n) is 12.1. The first-order valence-corrected chi connectivity index (χ1v) is 7.91. The molecule has 1 heterocycles. The highest BCUT2D eigenvalue weighted by molar-refractivity contribution is 9.10. The number of anilines is 1. The SMILES string of the molecule is CC(O)c1cc(Br)ccc1N1CCCC(C)(C)CC1. The number of benzene rings is 1. The van der Waals surface area contributed by atoms with Crippen molar-refractivity contribution in [2.45, 2.75) is 46.1 Å². The lowest BCUT2D eigenvalue weighted by Crippen LogP contribution is -2.26. The van der Waals surface area contributed by atoms with Crippen LogP contribution in [0.1, 0.15) is 51.7 Å². The standard InChI is InChI=1S/C16H24BrNO/c1-12(19)14-11-13(17)5-6-15(14)18-9-4-7-16(2,3)8-10-18/h5-6,11-12,19H,4,7-10H2,1-3H3. The van der Waals surface area contributed by atoms with Gasteiger partial charge in [-0.2, -0.15) is 0 Å². The van der Waals surface area contributed by atoms with Crippen molar-refractivity contribution < 1.29 is 5.11 Å². The molecule has 1 unspecified atom stereocenters. The number of aliphatic hydroxyl groups is 1. The highest BCUT2D eigenvalue weighted by Crippen LogP contribution is 2.35. The Morgan fingerprint density at radius 2 is 2.00 bits per heavy atom. The van der Waals surface area contributed by atoms with Crippen LogP contribution in [-0.2, 0) is 0 Å². The van der Waals surface area contributed by atoms with Crippen LogP contribution in [0.4, 0.5) is 5.69 Å². The molecule has 0 bridgehead atoms. The van der Waals surface area contributed by atoms with E-state index in [0.717, 1.165) is 23.1 Å². The molecule has 1 atom stereocenters. The van der Waals surface area contributed by atoms with Crippen LogP contribution in [0.15, 0.2) is 22.7 Å². The molecule has 0 radical (unpaired) electrons. The van der Waals surface area contributed by atoms with Crippen LogP contribution in [0.2, 0.25) is 0 Å². The molecule has 1 N–H and O–H groups in total. The van der Waals surface area contributed by atoms with Crippen molar-refractivity contribution >= 4 is 21.6 Å². The topological polar surface area (TPSA) is 23.5 Å². The van der Waals surface area contributed by atoms with Crippen LogP contribution in [-0.4, -0.2) is 18.2 Å². The Bertz CT molecular complexity index is 442. The zero-order valence-corrected chi connectivity index (χ0v) is 13.7. The summed E-state index contributed by atoms with van der Waals surface area (Å²) in [6.45, 7) is 8.72. The summed E-state index contributed by atoms with van der Waals surface area (Å²) in [5.41, 5.74) is 2.65. The second kappa shape index (κ2) is 5.84. The number of nitrogens with zero attached hydrogens (tertiary/aromatic N) is 1. The third-order valence-electron chi connectivity index (χ3n) is 4.12. The first-order chi connectivity index (χ1) is 8.89. The number of aliphatic hydroxyl groups excluding tert-OH is 1. The van der Waals surface area contributed by atoms with Gasteiger partial charge in [0.05, 0.1) is 6.10 Å². The molecule has 0 saturated carbocycles. The van der Waals surface area contributed by atoms with Crippen molar-refractivity contribution in [1.29, 1.82) is 0 Å². The van der Waals surface area contributed by atoms with Crippen molar-refractivity contribution in [2.24, 2.45) is 5.41 Å². The average Bonchev–Trinajstić information content (AvgIpc) is 2.50. The number of halogens is 1. The molecule has 106 valence electrons. The lowest BCUT2D eigenvalue weighted by molar-refractivity contribution is 0.199. The van der Waals surface area contributed by atoms with E-state index in [1.807, 2.05) is 13.0 Å². The van der Waals surface area contributed by atoms with Crippen molar-refractivity contribution in [3.63, 3.8) is 0 Å². The molecular formula is C16H24BrNO. The van der Waals surface area contributed by atoms with E-state index in [-0.39, 0.29) is 0 Å². The summed E-state index contributed by atoms with van der Waals surface area (Å²) >= 11 is 3.49. The molecule has 1 aliphatic heterocycles. The smallest absolute Gasteiger partial charge is 0.0782 e. The van der Waals surface area contributed by atoms with Gasteiger partial charge in [-0.15, -0.1) is 0 Å². The van der Waals surface area contributed by atoms with Crippen LogP contribution in [0.25, 0.3) is 0 Å². The maximum atomic E-state index is 9.99. The molecular weight excluding hydrogens is 302 g/mol. The molecule has 3 heteroatoms. The van der Waals surface area contributed by atoms with Gasteiger partial charge in [0.2, 0.25) is 0 Å². The van der Waals surface area contributed by atoms with Crippen molar-refractivity contribution in [3.8, 4) is 0 Å². The van der Waals surface area contributed by atoms with E-state index in [0.29, 0.717) is 5.41 Å². The molecule has 1 fully saturated rings. The Morgan fingerprint density at radius 1 is 1.26 bits per heavy atom. The van der Waals surface area contributed by atoms with Gasteiger partial charge < -0.3 is 10.0 Å². The van der Waals surface area contributed by atoms with E-state index >= 15 is 0 Å². The lowest BCUT2D eigenvalue weighted by Gasteiger charge is -2.27. The Labute approximate surface area is 124 Å². The number of rotatable bonds is 2. The third kappa shape index (κ3) is 3.73. The van der Waals surface area contributed by atoms with Crippen LogP contribution in [0.3, 0.4) is 0 Å². The first kappa shape index (κ1) is 14.9. The highest BCUT2D eigenvalue weighted by Gasteiger charge is 2.24. The quantitative estimate of drug-likeness (QED) is 0.864. The molecule has 0 amide bonds. The zero-order chi connectivity index (χ0) is 14.0. The second-order valence-electron chi connectivity index (χ2n) is 6.38. The van der Waals surface area contributed by atoms with E-state index in [1.54, 1.807) is 0 Å². The van der Waals surface area contributed by atoms with Gasteiger partial charge in [0, 0.05) is 28.8 Å². The van der Waals surface area contributed by atoms with Crippen LogP contribution >= 0.6 is 15.9 Å². The molecule has 1 aromatic rings. The molecule has 1 aliphatic rings. The average molecular weight is 326 g/mol. The Balaban J connectivity index is 2.26. The molecule has 0 spiro atoms. The second-order valence-corrected chi connectivity index (χ2v) is 7.30. The minimum absolute atomic E-state index is 0.427. The summed E-state index contributed by atoms with van der Waals surface area (Å²) in [4.78, 5) is 2.43. The van der Waals surface area contributed by atoms with E-state index in [4.69, 9.17) is 0 Å². The maximum absolute atomic E-state index is 9.99.